The van der Waals surface area contributed by atoms with Crippen molar-refractivity contribution in [3.8, 4) is 0 Å². The highest BCUT2D eigenvalue weighted by Crippen LogP contribution is 2.66. The Kier molecular flexibility index (Phi) is 7.48. The van der Waals surface area contributed by atoms with Crippen LogP contribution in [0.1, 0.15) is 0 Å². The number of rotatable bonds is 1. The first-order valence-electron chi connectivity index (χ1n) is 2.67. The van der Waals surface area contributed by atoms with Crippen LogP contribution in [0, 0.1) is 0 Å². The lowest BCUT2D eigenvalue weighted by Crippen LogP contribution is -2.55. The van der Waals surface area contributed by atoms with Gasteiger partial charge in [0.1, 0.15) is 0 Å². The highest BCUT2D eigenvalue weighted by Gasteiger charge is 2.64. The van der Waals surface area contributed by atoms with Gasteiger partial charge in [-0.15, -0.1) is 0 Å². The summed E-state index contributed by atoms with van der Waals surface area (Å²) in [7, 11) is 0. The van der Waals surface area contributed by atoms with E-state index >= 15 is 0 Å². The number of aliphatic hydroxyl groups is 1. The van der Waals surface area contributed by atoms with Crippen LogP contribution in [0.3, 0.4) is 0 Å². The molecule has 0 spiro atoms. The molecule has 14 heavy (non-hydrogen) atoms. The summed E-state index contributed by atoms with van der Waals surface area (Å²) in [6, 6.07) is 0. The molecule has 0 saturated heterocycles. The summed E-state index contributed by atoms with van der Waals surface area (Å²) >= 11 is 29.6. The topological polar surface area (TPSA) is 20.2 Å². The molecule has 1 nitrogen and oxygen atoms in total. The van der Waals surface area contributed by atoms with Crippen LogP contribution in [-0.4, -0.2) is 17.1 Å². The van der Waals surface area contributed by atoms with Crippen LogP contribution >= 0.6 is 143 Å². The van der Waals surface area contributed by atoms with Gasteiger partial charge in [0.15, 0.2) is 12.0 Å². The van der Waals surface area contributed by atoms with Gasteiger partial charge < -0.3 is 5.11 Å². The first kappa shape index (κ1) is 18.3. The molecule has 0 aromatic rings. The largest absolute Gasteiger partial charge is 0.373 e. The molecule has 0 amide bonds. The molecule has 0 aromatic heterocycles. The average molecular weight is 784 g/mol. The summed E-state index contributed by atoms with van der Waals surface area (Å²) in [5.74, 6) is 0. The zero-order valence-electron chi connectivity index (χ0n) is 5.85. The molecular formula is C4HBr9O. The van der Waals surface area contributed by atoms with E-state index in [1.807, 2.05) is 0 Å². The molecule has 0 heterocycles. The normalized spacial score (nSPS) is 19.3. The summed E-state index contributed by atoms with van der Waals surface area (Å²) in [4.78, 5) is 0. The van der Waals surface area contributed by atoms with E-state index in [9.17, 15) is 5.11 Å². The van der Waals surface area contributed by atoms with Crippen LogP contribution in [0.25, 0.3) is 0 Å². The second kappa shape index (κ2) is 5.73. The number of alkyl halides is 9. The SMILES string of the molecule is OC(Br)(C(Br)(Br)Br)C(Br)(Br)C(Br)(Br)Br. The zero-order chi connectivity index (χ0) is 12.0. The minimum Gasteiger partial charge on any atom is -0.373 e. The molecule has 10 heteroatoms. The number of halogens is 9. The van der Waals surface area contributed by atoms with Gasteiger partial charge in [-0.2, -0.15) is 0 Å². The summed E-state index contributed by atoms with van der Waals surface area (Å²) in [5.41, 5.74) is 0. The Morgan fingerprint density at radius 3 is 0.929 bits per heavy atom. The van der Waals surface area contributed by atoms with Crippen LogP contribution in [-0.2, 0) is 0 Å². The van der Waals surface area contributed by atoms with E-state index in [-0.39, 0.29) is 0 Å². The van der Waals surface area contributed by atoms with E-state index in [2.05, 4.69) is 143 Å². The molecule has 0 rings (SSSR count). The maximum absolute atomic E-state index is 10.3. The maximum Gasteiger partial charge on any atom is 0.182 e. The summed E-state index contributed by atoms with van der Waals surface area (Å²) in [5, 5.41) is 10.3. The minimum absolute atomic E-state index is 0.779. The van der Waals surface area contributed by atoms with E-state index in [0.29, 0.717) is 0 Å². The standard InChI is InChI=1S/C4HBr9O/c5-1(6,3(8,9)10)2(7,14)4(11,12)13/h14H. The fraction of sp³-hybridized carbons (Fsp3) is 1.00. The zero-order valence-corrected chi connectivity index (χ0v) is 20.1. The molecule has 0 radical (unpaired) electrons. The van der Waals surface area contributed by atoms with Crippen LogP contribution in [0.4, 0.5) is 0 Å². The van der Waals surface area contributed by atoms with Crippen molar-refractivity contribution in [2.45, 2.75) is 12.0 Å². The van der Waals surface area contributed by atoms with Crippen molar-refractivity contribution in [1.29, 1.82) is 0 Å². The van der Waals surface area contributed by atoms with Crippen molar-refractivity contribution in [3.63, 3.8) is 0 Å². The molecule has 0 aromatic carbocycles. The third-order valence-corrected chi connectivity index (χ3v) is 14.0. The Hall–Kier alpha value is 4.28. The predicted octanol–water partition coefficient (Wildman–Crippen LogP) is 6.23. The van der Waals surface area contributed by atoms with Crippen molar-refractivity contribution in [3.05, 3.63) is 0 Å². The number of hydrogen-bond donors (Lipinski definition) is 1. The van der Waals surface area contributed by atoms with Crippen molar-refractivity contribution < 1.29 is 5.11 Å². The Morgan fingerprint density at radius 1 is 0.571 bits per heavy atom. The molecule has 0 aliphatic carbocycles. The second-order valence-electron chi connectivity index (χ2n) is 2.19. The summed E-state index contributed by atoms with van der Waals surface area (Å²) in [6.45, 7) is 0. The molecule has 0 bridgehead atoms. The van der Waals surface area contributed by atoms with Gasteiger partial charge in [0, 0.05) is 0 Å². The van der Waals surface area contributed by atoms with Gasteiger partial charge in [-0.25, -0.2) is 0 Å². The van der Waals surface area contributed by atoms with Crippen LogP contribution in [0.5, 0.6) is 0 Å². The monoisotopic (exact) mass is 775 g/mol. The highest BCUT2D eigenvalue weighted by atomic mass is 80.0. The van der Waals surface area contributed by atoms with Gasteiger partial charge in [0.25, 0.3) is 0 Å². The van der Waals surface area contributed by atoms with Gasteiger partial charge in [-0.3, -0.25) is 0 Å². The molecule has 0 fully saturated rings. The van der Waals surface area contributed by atoms with Gasteiger partial charge >= 0.3 is 0 Å². The fourth-order valence-electron chi connectivity index (χ4n) is 0.366. The Balaban J connectivity index is 5.30. The molecule has 1 atom stereocenters. The molecular weight excluding hydrogens is 783 g/mol. The lowest BCUT2D eigenvalue weighted by molar-refractivity contribution is 0.154. The van der Waals surface area contributed by atoms with E-state index in [1.54, 1.807) is 0 Å². The molecule has 86 valence electrons. The molecule has 0 saturated carbocycles. The third kappa shape index (κ3) is 3.88. The Labute approximate surface area is 157 Å². The predicted molar refractivity (Wildman–Crippen MR) is 93.5 cm³/mol. The first-order valence-corrected chi connectivity index (χ1v) is 9.81. The van der Waals surface area contributed by atoms with Gasteiger partial charge in [0.2, 0.25) is 0 Å². The molecule has 1 N–H and O–H groups in total. The van der Waals surface area contributed by atoms with Gasteiger partial charge in [0.05, 0.1) is 0 Å². The smallest absolute Gasteiger partial charge is 0.182 e. The van der Waals surface area contributed by atoms with Crippen molar-refractivity contribution >= 4 is 143 Å². The Morgan fingerprint density at radius 2 is 0.857 bits per heavy atom. The molecule has 0 aliphatic rings. The van der Waals surface area contributed by atoms with E-state index < -0.39 is 12.0 Å². The molecule has 0 aliphatic heterocycles. The Bertz CT molecular complexity index is 186. The van der Waals surface area contributed by atoms with Crippen LogP contribution in [0.15, 0.2) is 0 Å². The van der Waals surface area contributed by atoms with E-state index in [4.69, 9.17) is 0 Å². The van der Waals surface area contributed by atoms with Gasteiger partial charge in [-0.1, -0.05) is 127 Å². The van der Waals surface area contributed by atoms with Gasteiger partial charge in [-0.05, 0) is 15.9 Å². The van der Waals surface area contributed by atoms with E-state index in [1.165, 1.54) is 0 Å². The van der Waals surface area contributed by atoms with E-state index in [0.717, 1.165) is 0 Å². The highest BCUT2D eigenvalue weighted by molar-refractivity contribution is 9.42. The summed E-state index contributed by atoms with van der Waals surface area (Å²) < 4.78 is -4.12. The summed E-state index contributed by atoms with van der Waals surface area (Å²) in [6.07, 6.45) is 0. The van der Waals surface area contributed by atoms with Crippen LogP contribution in [0.2, 0.25) is 0 Å². The lowest BCUT2D eigenvalue weighted by atomic mass is 10.3. The van der Waals surface area contributed by atoms with Crippen molar-refractivity contribution in [1.82, 2.24) is 0 Å². The van der Waals surface area contributed by atoms with Crippen LogP contribution < -0.4 is 0 Å². The van der Waals surface area contributed by atoms with Crippen molar-refractivity contribution in [2.75, 3.05) is 0 Å². The second-order valence-corrected chi connectivity index (χ2v) is 20.3. The average Bonchev–Trinajstić information content (AvgIpc) is 1.81. The third-order valence-electron chi connectivity index (χ3n) is 1.15. The van der Waals surface area contributed by atoms with Crippen molar-refractivity contribution in [2.24, 2.45) is 0 Å². The molecule has 1 unspecified atom stereocenters. The first-order chi connectivity index (χ1) is 5.75. The minimum atomic E-state index is -1.43. The maximum atomic E-state index is 10.3. The number of hydrogen-bond acceptors (Lipinski definition) is 1. The fourth-order valence-corrected chi connectivity index (χ4v) is 5.41. The quantitative estimate of drug-likeness (QED) is 0.313. The lowest BCUT2D eigenvalue weighted by Gasteiger charge is -2.44.